The molecule has 1 fully saturated rings. The number of aliphatic hydroxyl groups is 1. The van der Waals surface area contributed by atoms with Gasteiger partial charge >= 0.3 is 0 Å². The molecule has 0 bridgehead atoms. The van der Waals surface area contributed by atoms with Crippen LogP contribution in [0.1, 0.15) is 21.8 Å². The summed E-state index contributed by atoms with van der Waals surface area (Å²) in [7, 11) is 1.88. The lowest BCUT2D eigenvalue weighted by atomic mass is 9.92. The van der Waals surface area contributed by atoms with Gasteiger partial charge in [-0.25, -0.2) is 0 Å². The summed E-state index contributed by atoms with van der Waals surface area (Å²) < 4.78 is 3.76. The average Bonchev–Trinajstić information content (AvgIpc) is 3.41. The van der Waals surface area contributed by atoms with Crippen LogP contribution in [0.5, 0.6) is 0 Å². The van der Waals surface area contributed by atoms with Gasteiger partial charge in [-0.05, 0) is 42.0 Å². The van der Waals surface area contributed by atoms with E-state index in [0.717, 1.165) is 11.3 Å². The van der Waals surface area contributed by atoms with Gasteiger partial charge in [0.1, 0.15) is 0 Å². The Morgan fingerprint density at radius 1 is 1.19 bits per heavy atom. The second-order valence-corrected chi connectivity index (χ2v) is 6.84. The molecular formula is C20H22N4O2. The molecule has 0 unspecified atom stereocenters. The molecule has 0 radical (unpaired) electrons. The van der Waals surface area contributed by atoms with Crippen molar-refractivity contribution in [1.82, 2.24) is 19.2 Å². The van der Waals surface area contributed by atoms with E-state index in [1.54, 1.807) is 4.68 Å². The van der Waals surface area contributed by atoms with Gasteiger partial charge in [0.2, 0.25) is 0 Å². The number of hydrogen-bond donors (Lipinski definition) is 1. The molecule has 0 saturated carbocycles. The maximum absolute atomic E-state index is 12.9. The first-order valence-electron chi connectivity index (χ1n) is 8.78. The van der Waals surface area contributed by atoms with E-state index in [0.29, 0.717) is 18.7 Å². The van der Waals surface area contributed by atoms with Crippen LogP contribution in [-0.2, 0) is 7.05 Å². The largest absolute Gasteiger partial charge is 0.396 e. The molecule has 2 atom stereocenters. The Morgan fingerprint density at radius 2 is 1.92 bits per heavy atom. The van der Waals surface area contributed by atoms with E-state index in [2.05, 4.69) is 5.10 Å². The number of aliphatic hydroxyl groups excluding tert-OH is 1. The maximum atomic E-state index is 12.9. The molecule has 1 saturated heterocycles. The van der Waals surface area contributed by atoms with Crippen LogP contribution in [0, 0.1) is 5.92 Å². The summed E-state index contributed by atoms with van der Waals surface area (Å²) in [5.74, 6) is 0.174. The number of rotatable bonds is 4. The zero-order chi connectivity index (χ0) is 18.1. The Morgan fingerprint density at radius 3 is 2.54 bits per heavy atom. The van der Waals surface area contributed by atoms with Gasteiger partial charge in [-0.3, -0.25) is 9.48 Å². The van der Waals surface area contributed by atoms with E-state index >= 15 is 0 Å². The van der Waals surface area contributed by atoms with Crippen LogP contribution >= 0.6 is 0 Å². The molecule has 1 N–H and O–H groups in total. The molecule has 1 aliphatic rings. The standard InChI is InChI=1S/C20H22N4O2/c1-22-11-16(10-21-22)19-13-24(12-17(19)14-25)20(26)15-4-6-18(7-5-15)23-8-2-3-9-23/h2-11,17,19,25H,12-14H2,1H3/t17-,19-/m0/s1. The summed E-state index contributed by atoms with van der Waals surface area (Å²) in [5, 5.41) is 14.0. The van der Waals surface area contributed by atoms with Crippen molar-refractivity contribution in [2.45, 2.75) is 5.92 Å². The number of nitrogens with zero attached hydrogens (tertiary/aromatic N) is 4. The molecular weight excluding hydrogens is 328 g/mol. The third-order valence-electron chi connectivity index (χ3n) is 5.13. The van der Waals surface area contributed by atoms with Crippen molar-refractivity contribution in [2.24, 2.45) is 13.0 Å². The summed E-state index contributed by atoms with van der Waals surface area (Å²) in [5.41, 5.74) is 2.77. The molecule has 1 aromatic carbocycles. The Balaban J connectivity index is 1.51. The number of benzene rings is 1. The van der Waals surface area contributed by atoms with Crippen LogP contribution in [0.3, 0.4) is 0 Å². The fourth-order valence-electron chi connectivity index (χ4n) is 3.70. The Bertz CT molecular complexity index is 883. The molecule has 6 heteroatoms. The Kier molecular flexibility index (Phi) is 4.34. The Hall–Kier alpha value is -2.86. The van der Waals surface area contributed by atoms with Crippen molar-refractivity contribution < 1.29 is 9.90 Å². The van der Waals surface area contributed by atoms with Gasteiger partial charge < -0.3 is 14.6 Å². The summed E-state index contributed by atoms with van der Waals surface area (Å²) in [4.78, 5) is 14.7. The molecule has 1 aliphatic heterocycles. The molecule has 134 valence electrons. The third kappa shape index (κ3) is 3.04. The molecule has 3 heterocycles. The number of likely N-dealkylation sites (tertiary alicyclic amines) is 1. The van der Waals surface area contributed by atoms with Crippen LogP contribution < -0.4 is 0 Å². The molecule has 0 spiro atoms. The summed E-state index contributed by atoms with van der Waals surface area (Å²) >= 11 is 0. The fourth-order valence-corrected chi connectivity index (χ4v) is 3.70. The van der Waals surface area contributed by atoms with E-state index in [-0.39, 0.29) is 24.3 Å². The summed E-state index contributed by atoms with van der Waals surface area (Å²) in [6.07, 6.45) is 7.74. The normalized spacial score (nSPS) is 19.8. The van der Waals surface area contributed by atoms with E-state index in [4.69, 9.17) is 0 Å². The lowest BCUT2D eigenvalue weighted by Crippen LogP contribution is -2.29. The highest BCUT2D eigenvalue weighted by molar-refractivity contribution is 5.94. The summed E-state index contributed by atoms with van der Waals surface area (Å²) in [6, 6.07) is 11.6. The number of aryl methyl sites for hydroxylation is 1. The first-order chi connectivity index (χ1) is 12.7. The zero-order valence-corrected chi connectivity index (χ0v) is 14.7. The molecule has 1 amide bonds. The van der Waals surface area contributed by atoms with E-state index in [1.165, 1.54) is 0 Å². The third-order valence-corrected chi connectivity index (χ3v) is 5.13. The average molecular weight is 350 g/mol. The minimum absolute atomic E-state index is 0.00824. The number of hydrogen-bond acceptors (Lipinski definition) is 3. The Labute approximate surface area is 152 Å². The van der Waals surface area contributed by atoms with E-state index in [1.807, 2.05) is 77.7 Å². The quantitative estimate of drug-likeness (QED) is 0.783. The fraction of sp³-hybridized carbons (Fsp3) is 0.300. The smallest absolute Gasteiger partial charge is 0.253 e. The zero-order valence-electron chi connectivity index (χ0n) is 14.7. The van der Waals surface area contributed by atoms with Crippen LogP contribution in [0.15, 0.2) is 61.2 Å². The van der Waals surface area contributed by atoms with Gasteiger partial charge in [-0.2, -0.15) is 5.10 Å². The van der Waals surface area contributed by atoms with E-state index in [9.17, 15) is 9.90 Å². The lowest BCUT2D eigenvalue weighted by molar-refractivity contribution is 0.0781. The van der Waals surface area contributed by atoms with Gasteiger partial charge in [0, 0.05) is 68.4 Å². The monoisotopic (exact) mass is 350 g/mol. The van der Waals surface area contributed by atoms with Gasteiger partial charge in [0.15, 0.2) is 0 Å². The lowest BCUT2D eigenvalue weighted by Gasteiger charge is -2.16. The van der Waals surface area contributed by atoms with Crippen LogP contribution in [0.25, 0.3) is 5.69 Å². The van der Waals surface area contributed by atoms with Gasteiger partial charge in [-0.15, -0.1) is 0 Å². The predicted octanol–water partition coefficient (Wildman–Crippen LogP) is 2.06. The topological polar surface area (TPSA) is 63.3 Å². The SMILES string of the molecule is Cn1cc([C@@H]2CN(C(=O)c3ccc(-n4cccc4)cc3)C[C@H]2CO)cn1. The number of carbonyl (C=O) groups excluding carboxylic acids is 1. The number of amides is 1. The van der Waals surface area contributed by atoms with Crippen molar-refractivity contribution in [2.75, 3.05) is 19.7 Å². The van der Waals surface area contributed by atoms with Crippen LogP contribution in [-0.4, -0.2) is 50.0 Å². The second kappa shape index (κ2) is 6.80. The van der Waals surface area contributed by atoms with Crippen molar-refractivity contribution in [1.29, 1.82) is 0 Å². The molecule has 3 aromatic rings. The van der Waals surface area contributed by atoms with Gasteiger partial charge in [-0.1, -0.05) is 0 Å². The van der Waals surface area contributed by atoms with Crippen LogP contribution in [0.2, 0.25) is 0 Å². The van der Waals surface area contributed by atoms with Crippen molar-refractivity contribution >= 4 is 5.91 Å². The minimum Gasteiger partial charge on any atom is -0.396 e. The molecule has 6 nitrogen and oxygen atoms in total. The van der Waals surface area contributed by atoms with Crippen molar-refractivity contribution in [3.63, 3.8) is 0 Å². The van der Waals surface area contributed by atoms with Gasteiger partial charge in [0.25, 0.3) is 5.91 Å². The molecule has 0 aliphatic carbocycles. The maximum Gasteiger partial charge on any atom is 0.253 e. The minimum atomic E-state index is 0.00824. The first-order valence-corrected chi connectivity index (χ1v) is 8.78. The highest BCUT2D eigenvalue weighted by atomic mass is 16.3. The van der Waals surface area contributed by atoms with Crippen molar-refractivity contribution in [3.05, 3.63) is 72.3 Å². The number of aromatic nitrogens is 3. The van der Waals surface area contributed by atoms with Crippen LogP contribution in [0.4, 0.5) is 0 Å². The first kappa shape index (κ1) is 16.6. The molecule has 2 aromatic heterocycles. The predicted molar refractivity (Wildman–Crippen MR) is 98.2 cm³/mol. The van der Waals surface area contributed by atoms with Gasteiger partial charge in [0.05, 0.1) is 6.20 Å². The second-order valence-electron chi connectivity index (χ2n) is 6.84. The van der Waals surface area contributed by atoms with E-state index < -0.39 is 0 Å². The molecule has 4 rings (SSSR count). The van der Waals surface area contributed by atoms with Crippen molar-refractivity contribution in [3.8, 4) is 5.69 Å². The highest BCUT2D eigenvalue weighted by Gasteiger charge is 2.36. The highest BCUT2D eigenvalue weighted by Crippen LogP contribution is 2.33. The molecule has 26 heavy (non-hydrogen) atoms. The number of carbonyl (C=O) groups is 1. The summed E-state index contributed by atoms with van der Waals surface area (Å²) in [6.45, 7) is 1.24.